The van der Waals surface area contributed by atoms with Crippen LogP contribution in [-0.4, -0.2) is 47.2 Å². The molecule has 1 saturated heterocycles. The fourth-order valence-corrected chi connectivity index (χ4v) is 3.39. The Labute approximate surface area is 144 Å². The van der Waals surface area contributed by atoms with Crippen LogP contribution in [0.4, 0.5) is 5.69 Å². The van der Waals surface area contributed by atoms with E-state index in [1.54, 1.807) is 0 Å². The first-order valence-corrected chi connectivity index (χ1v) is 8.34. The Morgan fingerprint density at radius 3 is 2.50 bits per heavy atom. The minimum absolute atomic E-state index is 0.0220. The van der Waals surface area contributed by atoms with Crippen LogP contribution >= 0.6 is 11.6 Å². The molecule has 0 bridgehead atoms. The molecule has 6 heteroatoms. The average molecular weight is 341 g/mol. The number of fused-ring (bicyclic) bond motifs is 1. The monoisotopic (exact) mass is 340 g/mol. The Hall–Kier alpha value is -2.53. The first-order chi connectivity index (χ1) is 11.7. The number of nitrogens with one attached hydrogen (secondary N) is 1. The number of nitrogens with zero attached hydrogens (tertiary/aromatic N) is 3. The Morgan fingerprint density at radius 1 is 1.00 bits per heavy atom. The number of hydrogen-bond donors (Lipinski definition) is 1. The molecule has 1 amide bonds. The van der Waals surface area contributed by atoms with Crippen molar-refractivity contribution in [1.82, 2.24) is 15.1 Å². The highest BCUT2D eigenvalue weighted by Gasteiger charge is 2.25. The summed E-state index contributed by atoms with van der Waals surface area (Å²) in [6.45, 7) is 2.84. The molecule has 1 aliphatic heterocycles. The molecule has 1 fully saturated rings. The van der Waals surface area contributed by atoms with E-state index in [1.807, 2.05) is 53.4 Å². The van der Waals surface area contributed by atoms with E-state index in [4.69, 9.17) is 11.6 Å². The number of carbonyl (C=O) groups excluding carboxylic acids is 1. The molecule has 0 spiro atoms. The van der Waals surface area contributed by atoms with E-state index in [0.29, 0.717) is 18.8 Å². The molecule has 1 N–H and O–H groups in total. The van der Waals surface area contributed by atoms with Crippen molar-refractivity contribution in [3.63, 3.8) is 0 Å². The van der Waals surface area contributed by atoms with Crippen LogP contribution in [0.25, 0.3) is 10.9 Å². The maximum Gasteiger partial charge on any atom is 0.275 e. The highest BCUT2D eigenvalue weighted by molar-refractivity contribution is 6.33. The summed E-state index contributed by atoms with van der Waals surface area (Å²) in [5.41, 5.74) is 2.41. The van der Waals surface area contributed by atoms with Gasteiger partial charge in [-0.25, -0.2) is 0 Å². The Morgan fingerprint density at radius 2 is 1.71 bits per heavy atom. The summed E-state index contributed by atoms with van der Waals surface area (Å²) in [5, 5.41) is 8.75. The lowest BCUT2D eigenvalue weighted by Gasteiger charge is -2.36. The second kappa shape index (κ2) is 6.17. The third kappa shape index (κ3) is 2.61. The summed E-state index contributed by atoms with van der Waals surface area (Å²) in [6, 6.07) is 15.5. The number of aromatic amines is 1. The SMILES string of the molecule is O=C(c1n[nH]c2ccccc12)N1CCN(c2ccccc2Cl)CC1. The summed E-state index contributed by atoms with van der Waals surface area (Å²) < 4.78 is 0. The third-order valence-electron chi connectivity index (χ3n) is 4.43. The molecule has 0 unspecified atom stereocenters. The van der Waals surface area contributed by atoms with Gasteiger partial charge in [-0.2, -0.15) is 5.10 Å². The number of H-pyrrole nitrogens is 1. The lowest BCUT2D eigenvalue weighted by molar-refractivity contribution is 0.0743. The van der Waals surface area contributed by atoms with Gasteiger partial charge in [0, 0.05) is 31.6 Å². The van der Waals surface area contributed by atoms with Gasteiger partial charge in [-0.15, -0.1) is 0 Å². The number of hydrogen-bond acceptors (Lipinski definition) is 3. The van der Waals surface area contributed by atoms with E-state index < -0.39 is 0 Å². The van der Waals surface area contributed by atoms with E-state index in [-0.39, 0.29) is 5.91 Å². The predicted octanol–water partition coefficient (Wildman–Crippen LogP) is 3.18. The molecule has 2 heterocycles. The molecular weight excluding hydrogens is 324 g/mol. The highest BCUT2D eigenvalue weighted by atomic mass is 35.5. The van der Waals surface area contributed by atoms with Gasteiger partial charge < -0.3 is 9.80 Å². The number of piperazine rings is 1. The standard InChI is InChI=1S/C18H17ClN4O/c19-14-6-2-4-8-16(14)22-9-11-23(12-10-22)18(24)17-13-5-1-3-7-15(13)20-21-17/h1-8H,9-12H2,(H,20,21). The van der Waals surface area contributed by atoms with Crippen LogP contribution in [0.1, 0.15) is 10.5 Å². The summed E-state index contributed by atoms with van der Waals surface area (Å²) in [6.07, 6.45) is 0. The zero-order valence-electron chi connectivity index (χ0n) is 13.1. The molecule has 1 aromatic heterocycles. The molecule has 122 valence electrons. The van der Waals surface area contributed by atoms with Gasteiger partial charge in [0.25, 0.3) is 5.91 Å². The van der Waals surface area contributed by atoms with Gasteiger partial charge in [0.05, 0.1) is 16.2 Å². The van der Waals surface area contributed by atoms with Crippen molar-refractivity contribution in [2.45, 2.75) is 0 Å². The molecule has 0 aliphatic carbocycles. The van der Waals surface area contributed by atoms with Crippen molar-refractivity contribution >= 4 is 34.1 Å². The van der Waals surface area contributed by atoms with Crippen molar-refractivity contribution in [2.75, 3.05) is 31.1 Å². The molecule has 0 saturated carbocycles. The maximum absolute atomic E-state index is 12.8. The largest absolute Gasteiger partial charge is 0.367 e. The van der Waals surface area contributed by atoms with Gasteiger partial charge in [0.15, 0.2) is 5.69 Å². The van der Waals surface area contributed by atoms with Crippen LogP contribution in [0, 0.1) is 0 Å². The van der Waals surface area contributed by atoms with Crippen molar-refractivity contribution in [3.05, 3.63) is 59.2 Å². The summed E-state index contributed by atoms with van der Waals surface area (Å²) in [4.78, 5) is 16.9. The molecule has 2 aromatic carbocycles. The highest BCUT2D eigenvalue weighted by Crippen LogP contribution is 2.26. The fourth-order valence-electron chi connectivity index (χ4n) is 3.13. The van der Waals surface area contributed by atoms with Crippen molar-refractivity contribution in [2.24, 2.45) is 0 Å². The number of halogens is 1. The van der Waals surface area contributed by atoms with Crippen molar-refractivity contribution in [1.29, 1.82) is 0 Å². The summed E-state index contributed by atoms with van der Waals surface area (Å²) >= 11 is 6.27. The smallest absolute Gasteiger partial charge is 0.275 e. The fraction of sp³-hybridized carbons (Fsp3) is 0.222. The Kier molecular flexibility index (Phi) is 3.86. The lowest BCUT2D eigenvalue weighted by atomic mass is 10.2. The number of amides is 1. The number of para-hydroxylation sites is 2. The average Bonchev–Trinajstić information content (AvgIpc) is 3.06. The molecule has 24 heavy (non-hydrogen) atoms. The molecule has 0 atom stereocenters. The zero-order chi connectivity index (χ0) is 16.5. The van der Waals surface area contributed by atoms with E-state index >= 15 is 0 Å². The number of benzene rings is 2. The normalized spacial score (nSPS) is 15.0. The number of rotatable bonds is 2. The summed E-state index contributed by atoms with van der Waals surface area (Å²) in [5.74, 6) is -0.0220. The molecule has 1 aliphatic rings. The third-order valence-corrected chi connectivity index (χ3v) is 4.75. The summed E-state index contributed by atoms with van der Waals surface area (Å²) in [7, 11) is 0. The molecule has 3 aromatic rings. The second-order valence-electron chi connectivity index (χ2n) is 5.85. The first-order valence-electron chi connectivity index (χ1n) is 7.96. The minimum Gasteiger partial charge on any atom is -0.367 e. The van der Waals surface area contributed by atoms with E-state index in [2.05, 4.69) is 15.1 Å². The first kappa shape index (κ1) is 15.0. The van der Waals surface area contributed by atoms with Gasteiger partial charge in [0.2, 0.25) is 0 Å². The van der Waals surface area contributed by atoms with Crippen LogP contribution in [0.3, 0.4) is 0 Å². The van der Waals surface area contributed by atoms with Gasteiger partial charge >= 0.3 is 0 Å². The molecule has 4 rings (SSSR count). The van der Waals surface area contributed by atoms with Gasteiger partial charge in [0.1, 0.15) is 0 Å². The van der Waals surface area contributed by atoms with Crippen molar-refractivity contribution in [3.8, 4) is 0 Å². The second-order valence-corrected chi connectivity index (χ2v) is 6.26. The van der Waals surface area contributed by atoms with Gasteiger partial charge in [-0.05, 0) is 18.2 Å². The van der Waals surface area contributed by atoms with E-state index in [1.165, 1.54) is 0 Å². The van der Waals surface area contributed by atoms with E-state index in [9.17, 15) is 4.79 Å². The molecule has 5 nitrogen and oxygen atoms in total. The van der Waals surface area contributed by atoms with Crippen LogP contribution in [0.2, 0.25) is 5.02 Å². The quantitative estimate of drug-likeness (QED) is 0.779. The van der Waals surface area contributed by atoms with Crippen LogP contribution in [0.15, 0.2) is 48.5 Å². The Balaban J connectivity index is 1.50. The minimum atomic E-state index is -0.0220. The lowest BCUT2D eigenvalue weighted by Crippen LogP contribution is -2.49. The van der Waals surface area contributed by atoms with Gasteiger partial charge in [-0.3, -0.25) is 9.89 Å². The van der Waals surface area contributed by atoms with E-state index in [0.717, 1.165) is 34.7 Å². The van der Waals surface area contributed by atoms with Crippen LogP contribution < -0.4 is 4.90 Å². The maximum atomic E-state index is 12.8. The molecule has 0 radical (unpaired) electrons. The van der Waals surface area contributed by atoms with Crippen LogP contribution in [-0.2, 0) is 0 Å². The number of anilines is 1. The number of aromatic nitrogens is 2. The topological polar surface area (TPSA) is 52.2 Å². The number of carbonyl (C=O) groups is 1. The zero-order valence-corrected chi connectivity index (χ0v) is 13.8. The van der Waals surface area contributed by atoms with Crippen molar-refractivity contribution < 1.29 is 4.79 Å². The molecular formula is C18H17ClN4O. The van der Waals surface area contributed by atoms with Gasteiger partial charge in [-0.1, -0.05) is 41.9 Å². The van der Waals surface area contributed by atoms with Crippen LogP contribution in [0.5, 0.6) is 0 Å². The predicted molar refractivity (Wildman–Crippen MR) is 95.7 cm³/mol. The Bertz CT molecular complexity index is 883.